The first kappa shape index (κ1) is 15.7. The van der Waals surface area contributed by atoms with Gasteiger partial charge in [0, 0.05) is 17.8 Å². The number of amides is 1. The van der Waals surface area contributed by atoms with E-state index >= 15 is 0 Å². The molecule has 1 heterocycles. The standard InChI is InChI=1S/C16H26N4O/c1-11(2)9-17-16(21)12(3)20-15-13-7-5-4-6-8-14(13)18-10-19-15/h10-12H,4-9H2,1-3H3,(H,17,21)(H,18,19,20). The van der Waals surface area contributed by atoms with Crippen molar-refractivity contribution >= 4 is 11.7 Å². The van der Waals surface area contributed by atoms with Gasteiger partial charge in [-0.3, -0.25) is 4.79 Å². The molecular formula is C16H26N4O. The van der Waals surface area contributed by atoms with Gasteiger partial charge in [0.05, 0.1) is 0 Å². The number of fused-ring (bicyclic) bond motifs is 1. The second-order valence-corrected chi connectivity index (χ2v) is 6.21. The molecule has 1 unspecified atom stereocenters. The summed E-state index contributed by atoms with van der Waals surface area (Å²) in [5, 5.41) is 6.21. The van der Waals surface area contributed by atoms with Crippen LogP contribution >= 0.6 is 0 Å². The van der Waals surface area contributed by atoms with E-state index in [9.17, 15) is 4.79 Å². The minimum Gasteiger partial charge on any atom is -0.358 e. The SMILES string of the molecule is CC(C)CNC(=O)C(C)Nc1ncnc2c1CCCCC2. The van der Waals surface area contributed by atoms with Gasteiger partial charge in [-0.05, 0) is 38.5 Å². The van der Waals surface area contributed by atoms with E-state index in [0.29, 0.717) is 12.5 Å². The van der Waals surface area contributed by atoms with E-state index < -0.39 is 0 Å². The molecule has 2 N–H and O–H groups in total. The zero-order valence-corrected chi connectivity index (χ0v) is 13.3. The van der Waals surface area contributed by atoms with Crippen LogP contribution in [0.3, 0.4) is 0 Å². The number of carbonyl (C=O) groups is 1. The average Bonchev–Trinajstić information content (AvgIpc) is 2.70. The Bertz CT molecular complexity index is 487. The molecule has 0 aliphatic heterocycles. The Hall–Kier alpha value is -1.65. The van der Waals surface area contributed by atoms with Gasteiger partial charge in [-0.15, -0.1) is 0 Å². The zero-order chi connectivity index (χ0) is 15.2. The highest BCUT2D eigenvalue weighted by atomic mass is 16.2. The molecule has 1 aliphatic carbocycles. The topological polar surface area (TPSA) is 66.9 Å². The summed E-state index contributed by atoms with van der Waals surface area (Å²) in [6, 6.07) is -0.286. The van der Waals surface area contributed by atoms with Crippen LogP contribution in [-0.4, -0.2) is 28.5 Å². The molecular weight excluding hydrogens is 264 g/mol. The third-order valence-corrected chi connectivity index (χ3v) is 3.81. The predicted molar refractivity (Wildman–Crippen MR) is 84.2 cm³/mol. The Morgan fingerprint density at radius 3 is 2.71 bits per heavy atom. The molecule has 1 atom stereocenters. The summed E-state index contributed by atoms with van der Waals surface area (Å²) in [4.78, 5) is 20.8. The summed E-state index contributed by atoms with van der Waals surface area (Å²) in [6.07, 6.45) is 7.21. The summed E-state index contributed by atoms with van der Waals surface area (Å²) in [5.41, 5.74) is 2.33. The second-order valence-electron chi connectivity index (χ2n) is 6.21. The first-order valence-corrected chi connectivity index (χ1v) is 7.95. The minimum atomic E-state index is -0.286. The highest BCUT2D eigenvalue weighted by molar-refractivity contribution is 5.84. The molecule has 5 nitrogen and oxygen atoms in total. The van der Waals surface area contributed by atoms with Crippen LogP contribution in [-0.2, 0) is 17.6 Å². The van der Waals surface area contributed by atoms with Gasteiger partial charge in [-0.2, -0.15) is 0 Å². The van der Waals surface area contributed by atoms with Crippen molar-refractivity contribution in [2.24, 2.45) is 5.92 Å². The van der Waals surface area contributed by atoms with Crippen LogP contribution in [0.1, 0.15) is 51.3 Å². The van der Waals surface area contributed by atoms with Gasteiger partial charge >= 0.3 is 0 Å². The first-order valence-electron chi connectivity index (χ1n) is 7.95. The van der Waals surface area contributed by atoms with E-state index in [-0.39, 0.29) is 11.9 Å². The number of anilines is 1. The molecule has 0 spiro atoms. The van der Waals surface area contributed by atoms with E-state index in [2.05, 4.69) is 34.4 Å². The van der Waals surface area contributed by atoms with Crippen molar-refractivity contribution in [1.82, 2.24) is 15.3 Å². The van der Waals surface area contributed by atoms with Crippen LogP contribution in [0.15, 0.2) is 6.33 Å². The average molecular weight is 290 g/mol. The van der Waals surface area contributed by atoms with Crippen molar-refractivity contribution in [3.05, 3.63) is 17.6 Å². The molecule has 0 radical (unpaired) electrons. The number of aromatic nitrogens is 2. The summed E-state index contributed by atoms with van der Waals surface area (Å²) in [6.45, 7) is 6.75. The van der Waals surface area contributed by atoms with Gasteiger partial charge in [-0.25, -0.2) is 9.97 Å². The molecule has 0 fully saturated rings. The molecule has 0 saturated heterocycles. The van der Waals surface area contributed by atoms with E-state index in [4.69, 9.17) is 0 Å². The lowest BCUT2D eigenvalue weighted by atomic mass is 10.1. The quantitative estimate of drug-likeness (QED) is 0.817. The Morgan fingerprint density at radius 2 is 1.95 bits per heavy atom. The molecule has 0 saturated carbocycles. The molecule has 2 rings (SSSR count). The third kappa shape index (κ3) is 4.41. The normalized spacial score (nSPS) is 16.0. The lowest BCUT2D eigenvalue weighted by Gasteiger charge is -2.18. The fraction of sp³-hybridized carbons (Fsp3) is 0.688. The summed E-state index contributed by atoms with van der Waals surface area (Å²) < 4.78 is 0. The van der Waals surface area contributed by atoms with Gasteiger partial charge in [0.15, 0.2) is 0 Å². The maximum atomic E-state index is 12.1. The molecule has 0 bridgehead atoms. The fourth-order valence-electron chi connectivity index (χ4n) is 2.55. The second kappa shape index (κ2) is 7.38. The third-order valence-electron chi connectivity index (χ3n) is 3.81. The lowest BCUT2D eigenvalue weighted by molar-refractivity contribution is -0.121. The van der Waals surface area contributed by atoms with Crippen LogP contribution in [0, 0.1) is 5.92 Å². The minimum absolute atomic E-state index is 0.0182. The predicted octanol–water partition coefficient (Wildman–Crippen LogP) is 2.32. The van der Waals surface area contributed by atoms with Crippen LogP contribution in [0.5, 0.6) is 0 Å². The largest absolute Gasteiger partial charge is 0.358 e. The van der Waals surface area contributed by atoms with E-state index in [1.54, 1.807) is 6.33 Å². The highest BCUT2D eigenvalue weighted by Gasteiger charge is 2.18. The molecule has 1 amide bonds. The van der Waals surface area contributed by atoms with Gasteiger partial charge in [-0.1, -0.05) is 20.3 Å². The van der Waals surface area contributed by atoms with Crippen molar-refractivity contribution in [3.8, 4) is 0 Å². The maximum Gasteiger partial charge on any atom is 0.242 e. The summed E-state index contributed by atoms with van der Waals surface area (Å²) in [7, 11) is 0. The highest BCUT2D eigenvalue weighted by Crippen LogP contribution is 2.24. The molecule has 1 aromatic rings. The van der Waals surface area contributed by atoms with Crippen LogP contribution in [0.4, 0.5) is 5.82 Å². The number of hydrogen-bond acceptors (Lipinski definition) is 4. The van der Waals surface area contributed by atoms with Crippen molar-refractivity contribution in [1.29, 1.82) is 0 Å². The van der Waals surface area contributed by atoms with Gasteiger partial charge in [0.2, 0.25) is 5.91 Å². The van der Waals surface area contributed by atoms with Crippen LogP contribution < -0.4 is 10.6 Å². The van der Waals surface area contributed by atoms with Crippen molar-refractivity contribution in [2.75, 3.05) is 11.9 Å². The number of nitrogens with zero attached hydrogens (tertiary/aromatic N) is 2. The van der Waals surface area contributed by atoms with E-state index in [1.807, 2.05) is 6.92 Å². The number of rotatable bonds is 5. The van der Waals surface area contributed by atoms with Crippen molar-refractivity contribution < 1.29 is 4.79 Å². The van der Waals surface area contributed by atoms with Gasteiger partial charge in [0.25, 0.3) is 0 Å². The smallest absolute Gasteiger partial charge is 0.242 e. The molecule has 5 heteroatoms. The summed E-state index contributed by atoms with van der Waals surface area (Å²) in [5.74, 6) is 1.30. The lowest BCUT2D eigenvalue weighted by Crippen LogP contribution is -2.39. The van der Waals surface area contributed by atoms with Crippen molar-refractivity contribution in [2.45, 2.75) is 58.9 Å². The molecule has 21 heavy (non-hydrogen) atoms. The van der Waals surface area contributed by atoms with Crippen LogP contribution in [0.2, 0.25) is 0 Å². The Morgan fingerprint density at radius 1 is 1.19 bits per heavy atom. The monoisotopic (exact) mass is 290 g/mol. The number of aryl methyl sites for hydroxylation is 1. The molecule has 116 valence electrons. The van der Waals surface area contributed by atoms with Gasteiger partial charge < -0.3 is 10.6 Å². The molecule has 0 aromatic carbocycles. The van der Waals surface area contributed by atoms with Gasteiger partial charge in [0.1, 0.15) is 18.2 Å². The Labute approximate surface area is 127 Å². The van der Waals surface area contributed by atoms with E-state index in [0.717, 1.165) is 24.4 Å². The maximum absolute atomic E-state index is 12.1. The first-order chi connectivity index (χ1) is 10.1. The molecule has 1 aromatic heterocycles. The zero-order valence-electron chi connectivity index (χ0n) is 13.3. The van der Waals surface area contributed by atoms with Crippen LogP contribution in [0.25, 0.3) is 0 Å². The molecule has 1 aliphatic rings. The van der Waals surface area contributed by atoms with Crippen molar-refractivity contribution in [3.63, 3.8) is 0 Å². The van der Waals surface area contributed by atoms with E-state index in [1.165, 1.54) is 24.8 Å². The summed E-state index contributed by atoms with van der Waals surface area (Å²) >= 11 is 0. The number of nitrogens with one attached hydrogen (secondary N) is 2. The Kier molecular flexibility index (Phi) is 5.53. The Balaban J connectivity index is 2.04. The number of carbonyl (C=O) groups excluding carboxylic acids is 1. The number of hydrogen-bond donors (Lipinski definition) is 2. The fourth-order valence-corrected chi connectivity index (χ4v) is 2.55.